The molecule has 12 heteroatoms. The minimum absolute atomic E-state index is 0.0505. The summed E-state index contributed by atoms with van der Waals surface area (Å²) in [5.41, 5.74) is 4.37. The predicted octanol–water partition coefficient (Wildman–Crippen LogP) is 0.202. The number of aliphatic hydroxyl groups is 3. The molecule has 2 fully saturated rings. The van der Waals surface area contributed by atoms with Crippen molar-refractivity contribution in [1.29, 1.82) is 0 Å². The monoisotopic (exact) mass is 565 g/mol. The molecule has 6 atom stereocenters. The Morgan fingerprint density at radius 2 is 1.90 bits per heavy atom. The van der Waals surface area contributed by atoms with Gasteiger partial charge in [-0.25, -0.2) is 4.98 Å². The molecular formula is C29H35N5O7. The van der Waals surface area contributed by atoms with Gasteiger partial charge >= 0.3 is 0 Å². The highest BCUT2D eigenvalue weighted by Crippen LogP contribution is 2.53. The van der Waals surface area contributed by atoms with Gasteiger partial charge in [-0.3, -0.25) is 14.4 Å². The number of nitrogens with two attached hydrogens (primary N) is 1. The highest BCUT2D eigenvalue weighted by atomic mass is 16.3. The largest absolute Gasteiger partial charge is 0.507 e. The van der Waals surface area contributed by atoms with Crippen LogP contribution in [0.5, 0.6) is 5.75 Å². The van der Waals surface area contributed by atoms with E-state index >= 15 is 0 Å². The maximum Gasteiger partial charge on any atom is 0.230 e. The molecule has 0 radical (unpaired) electrons. The molecule has 1 heterocycles. The number of carbonyl (C=O) groups is 3. The van der Waals surface area contributed by atoms with Gasteiger partial charge in [-0.1, -0.05) is 6.07 Å². The van der Waals surface area contributed by atoms with E-state index in [1.54, 1.807) is 43.4 Å². The first-order valence-electron chi connectivity index (χ1n) is 13.4. The second kappa shape index (κ2) is 10.1. The minimum atomic E-state index is -2.69. The Bertz CT molecular complexity index is 1460. The number of aromatic hydroxyl groups is 1. The lowest BCUT2D eigenvalue weighted by atomic mass is 9.54. The van der Waals surface area contributed by atoms with Gasteiger partial charge in [0.25, 0.3) is 0 Å². The number of fused-ring (bicyclic) bond motifs is 3. The molecule has 0 aliphatic heterocycles. The quantitative estimate of drug-likeness (QED) is 0.263. The number of Topliss-reactive ketones (excluding diaryl/α,β-unsaturated/α-hetero) is 2. The average molecular weight is 566 g/mol. The number of nitrogens with zero attached hydrogens (tertiary/aromatic N) is 3. The third kappa shape index (κ3) is 4.25. The Hall–Kier alpha value is -4.00. The summed E-state index contributed by atoms with van der Waals surface area (Å²) in [7, 11) is 6.89. The van der Waals surface area contributed by atoms with Gasteiger partial charge in [-0.2, -0.15) is 0 Å². The number of phenolic OH excluding ortho intramolecular Hbond substituents is 1. The molecule has 2 unspecified atom stereocenters. The number of phenols is 1. The van der Waals surface area contributed by atoms with Gasteiger partial charge in [0, 0.05) is 55.6 Å². The first-order valence-corrected chi connectivity index (χ1v) is 13.4. The number of aromatic nitrogens is 1. The fraction of sp³-hybridized carbons (Fsp3) is 0.448. The maximum absolute atomic E-state index is 14.1. The van der Waals surface area contributed by atoms with Crippen molar-refractivity contribution < 1.29 is 34.8 Å². The molecular weight excluding hydrogens is 530 g/mol. The number of benzene rings is 1. The van der Waals surface area contributed by atoms with E-state index in [2.05, 4.69) is 10.3 Å². The van der Waals surface area contributed by atoms with Crippen LogP contribution < -0.4 is 16.0 Å². The second-order valence-corrected chi connectivity index (χ2v) is 11.5. The zero-order chi connectivity index (χ0) is 30.0. The highest BCUT2D eigenvalue weighted by molar-refractivity contribution is 6.25. The number of anilines is 2. The molecule has 3 aliphatic rings. The summed E-state index contributed by atoms with van der Waals surface area (Å²) in [6.07, 6.45) is 0.387. The Balaban J connectivity index is 1.65. The van der Waals surface area contributed by atoms with Crippen molar-refractivity contribution in [2.75, 3.05) is 38.4 Å². The van der Waals surface area contributed by atoms with Crippen LogP contribution in [0.4, 0.5) is 11.5 Å². The second-order valence-electron chi connectivity index (χ2n) is 11.5. The molecule has 1 aromatic carbocycles. The van der Waals surface area contributed by atoms with E-state index in [4.69, 9.17) is 5.73 Å². The van der Waals surface area contributed by atoms with Crippen molar-refractivity contribution in [3.8, 4) is 5.75 Å². The van der Waals surface area contributed by atoms with Crippen LogP contribution in [0.2, 0.25) is 0 Å². The summed E-state index contributed by atoms with van der Waals surface area (Å²) in [5, 5.41) is 48.9. The SMILES string of the molecule is CN(C)c1cc(CNc2ccccn2)c(O)c2c1C[C@H]1C[C@H]3[C@H](N(C)C)C(O)C(C(N)=O)C(=O)[C@@]3(O)C(=O)C1=C2O. The normalized spacial score (nSPS) is 29.1. The van der Waals surface area contributed by atoms with Crippen LogP contribution in [0, 0.1) is 17.8 Å². The van der Waals surface area contributed by atoms with E-state index < -0.39 is 58.7 Å². The molecule has 7 N–H and O–H groups in total. The fourth-order valence-electron chi connectivity index (χ4n) is 6.89. The Labute approximate surface area is 237 Å². The molecule has 2 saturated carbocycles. The molecule has 218 valence electrons. The number of hydrogen-bond acceptors (Lipinski definition) is 11. The third-order valence-corrected chi connectivity index (χ3v) is 8.75. The van der Waals surface area contributed by atoms with E-state index in [0.717, 1.165) is 0 Å². The zero-order valence-electron chi connectivity index (χ0n) is 23.3. The zero-order valence-corrected chi connectivity index (χ0v) is 23.3. The van der Waals surface area contributed by atoms with E-state index in [9.17, 15) is 34.8 Å². The number of primary amides is 1. The van der Waals surface area contributed by atoms with Gasteiger partial charge in [-0.15, -0.1) is 0 Å². The van der Waals surface area contributed by atoms with E-state index in [1.807, 2.05) is 25.1 Å². The molecule has 1 aromatic heterocycles. The smallest absolute Gasteiger partial charge is 0.230 e. The number of pyridine rings is 1. The van der Waals surface area contributed by atoms with Crippen LogP contribution in [-0.4, -0.2) is 93.7 Å². The van der Waals surface area contributed by atoms with Crippen LogP contribution in [0.3, 0.4) is 0 Å². The van der Waals surface area contributed by atoms with Crippen LogP contribution in [0.1, 0.15) is 23.1 Å². The Morgan fingerprint density at radius 1 is 1.20 bits per heavy atom. The Kier molecular flexibility index (Phi) is 7.04. The van der Waals surface area contributed by atoms with Crippen molar-refractivity contribution in [2.45, 2.75) is 37.1 Å². The van der Waals surface area contributed by atoms with Gasteiger partial charge in [0.05, 0.1) is 11.7 Å². The van der Waals surface area contributed by atoms with Crippen molar-refractivity contribution in [3.05, 3.63) is 52.7 Å². The number of aliphatic hydroxyl groups excluding tert-OH is 2. The van der Waals surface area contributed by atoms with Gasteiger partial charge < -0.3 is 41.3 Å². The van der Waals surface area contributed by atoms with Crippen molar-refractivity contribution in [3.63, 3.8) is 0 Å². The van der Waals surface area contributed by atoms with Gasteiger partial charge in [-0.05, 0) is 56.6 Å². The molecule has 2 aromatic rings. The predicted molar refractivity (Wildman–Crippen MR) is 150 cm³/mol. The van der Waals surface area contributed by atoms with Crippen molar-refractivity contribution in [1.82, 2.24) is 9.88 Å². The number of rotatable bonds is 6. The molecule has 1 amide bonds. The summed E-state index contributed by atoms with van der Waals surface area (Å²) in [6, 6.07) is 6.22. The molecule has 5 rings (SSSR count). The van der Waals surface area contributed by atoms with E-state index in [-0.39, 0.29) is 36.3 Å². The van der Waals surface area contributed by atoms with Gasteiger partial charge in [0.1, 0.15) is 23.2 Å². The number of ketones is 2. The molecule has 12 nitrogen and oxygen atoms in total. The fourth-order valence-corrected chi connectivity index (χ4v) is 6.89. The molecule has 3 aliphatic carbocycles. The highest BCUT2D eigenvalue weighted by Gasteiger charge is 2.67. The number of nitrogens with one attached hydrogen (secondary N) is 1. The lowest BCUT2D eigenvalue weighted by molar-refractivity contribution is -0.184. The standard InChI is InChI=1S/C29H35N5O7/c1-33(2)17-11-14(12-32-18-7-5-6-8-31-18)23(35)20-15(17)9-13-10-16-22(34(3)4)25(37)21(28(30)40)27(39)29(16,41)26(38)19(13)24(20)36/h5-8,11,13,16,21-22,25,35-37,41H,9-10,12H2,1-4H3,(H2,30,40)(H,31,32)/t13-,16-,21?,22-,25?,29-/m0/s1. The summed E-state index contributed by atoms with van der Waals surface area (Å²) in [5.74, 6) is -7.06. The summed E-state index contributed by atoms with van der Waals surface area (Å²) < 4.78 is 0. The first-order chi connectivity index (χ1) is 19.3. The number of likely N-dealkylation sites (N-methyl/N-ethyl adjacent to an activating group) is 1. The van der Waals surface area contributed by atoms with Crippen LogP contribution in [0.25, 0.3) is 5.76 Å². The van der Waals surface area contributed by atoms with Crippen LogP contribution in [0.15, 0.2) is 36.0 Å². The molecule has 0 spiro atoms. The third-order valence-electron chi connectivity index (χ3n) is 8.75. The summed E-state index contributed by atoms with van der Waals surface area (Å²) in [6.45, 7) is 0.157. The first kappa shape index (κ1) is 28.5. The van der Waals surface area contributed by atoms with Crippen molar-refractivity contribution >= 4 is 34.7 Å². The summed E-state index contributed by atoms with van der Waals surface area (Å²) in [4.78, 5) is 47.4. The van der Waals surface area contributed by atoms with Gasteiger partial charge in [0.2, 0.25) is 11.7 Å². The number of hydrogen-bond donors (Lipinski definition) is 6. The van der Waals surface area contributed by atoms with Crippen LogP contribution in [-0.2, 0) is 27.3 Å². The van der Waals surface area contributed by atoms with Crippen LogP contribution >= 0.6 is 0 Å². The van der Waals surface area contributed by atoms with Gasteiger partial charge in [0.15, 0.2) is 11.4 Å². The Morgan fingerprint density at radius 3 is 2.49 bits per heavy atom. The van der Waals surface area contributed by atoms with Crippen molar-refractivity contribution in [2.24, 2.45) is 23.5 Å². The molecule has 0 saturated heterocycles. The number of amides is 1. The van der Waals surface area contributed by atoms with E-state index in [1.165, 1.54) is 0 Å². The lowest BCUT2D eigenvalue weighted by Gasteiger charge is -2.53. The maximum atomic E-state index is 14.1. The van der Waals surface area contributed by atoms with E-state index in [0.29, 0.717) is 22.6 Å². The lowest BCUT2D eigenvalue weighted by Crippen LogP contribution is -2.73. The number of carbonyl (C=O) groups excluding carboxylic acids is 3. The topological polar surface area (TPSA) is 190 Å². The average Bonchev–Trinajstić information content (AvgIpc) is 2.90. The summed E-state index contributed by atoms with van der Waals surface area (Å²) >= 11 is 0. The molecule has 0 bridgehead atoms. The molecule has 41 heavy (non-hydrogen) atoms. The minimum Gasteiger partial charge on any atom is -0.507 e.